The van der Waals surface area contributed by atoms with Crippen LogP contribution in [0.3, 0.4) is 0 Å². The van der Waals surface area contributed by atoms with Gasteiger partial charge in [0.05, 0.1) is 0 Å². The van der Waals surface area contributed by atoms with Gasteiger partial charge in [-0.1, -0.05) is 0 Å². The van der Waals surface area contributed by atoms with Crippen LogP contribution in [0.4, 0.5) is 0 Å². The van der Waals surface area contributed by atoms with Crippen molar-refractivity contribution in [2.24, 2.45) is 17.2 Å². The zero-order valence-electron chi connectivity index (χ0n) is 5.59. The summed E-state index contributed by atoms with van der Waals surface area (Å²) in [5.74, 6) is 0. The first-order valence-electron chi connectivity index (χ1n) is 3.45. The molecular formula is C6H15N3. The lowest BCUT2D eigenvalue weighted by molar-refractivity contribution is 0.352. The molecule has 3 nitrogen and oxygen atoms in total. The van der Waals surface area contributed by atoms with Gasteiger partial charge in [-0.3, -0.25) is 0 Å². The maximum absolute atomic E-state index is 5.66. The summed E-state index contributed by atoms with van der Waals surface area (Å²) in [7, 11) is 0. The molecule has 1 rings (SSSR count). The molecule has 0 atom stereocenters. The highest BCUT2D eigenvalue weighted by Crippen LogP contribution is 2.13. The molecule has 0 aromatic heterocycles. The Morgan fingerprint density at radius 1 is 0.667 bits per heavy atom. The molecule has 0 aliphatic heterocycles. The Hall–Kier alpha value is -0.120. The Morgan fingerprint density at radius 3 is 1.11 bits per heavy atom. The van der Waals surface area contributed by atoms with E-state index in [0.717, 1.165) is 19.3 Å². The van der Waals surface area contributed by atoms with Gasteiger partial charge in [-0.2, -0.15) is 0 Å². The molecule has 1 saturated carbocycles. The van der Waals surface area contributed by atoms with E-state index in [1.54, 1.807) is 0 Å². The molecular weight excluding hydrogens is 114 g/mol. The van der Waals surface area contributed by atoms with Crippen molar-refractivity contribution in [3.8, 4) is 0 Å². The van der Waals surface area contributed by atoms with Crippen LogP contribution in [-0.4, -0.2) is 18.1 Å². The van der Waals surface area contributed by atoms with Gasteiger partial charge >= 0.3 is 0 Å². The minimum Gasteiger partial charge on any atom is -0.328 e. The van der Waals surface area contributed by atoms with Gasteiger partial charge in [-0.05, 0) is 19.3 Å². The molecule has 0 radical (unpaired) electrons. The van der Waals surface area contributed by atoms with Crippen LogP contribution in [0.1, 0.15) is 19.3 Å². The molecule has 0 aromatic rings. The third kappa shape index (κ3) is 1.93. The number of nitrogens with two attached hydrogens (primary N) is 3. The van der Waals surface area contributed by atoms with Crippen molar-refractivity contribution in [1.29, 1.82) is 0 Å². The summed E-state index contributed by atoms with van der Waals surface area (Å²) < 4.78 is 0. The van der Waals surface area contributed by atoms with Gasteiger partial charge in [0.2, 0.25) is 0 Å². The fraction of sp³-hybridized carbons (Fsp3) is 1.00. The van der Waals surface area contributed by atoms with E-state index in [-0.39, 0.29) is 18.1 Å². The van der Waals surface area contributed by atoms with Gasteiger partial charge in [0.25, 0.3) is 0 Å². The van der Waals surface area contributed by atoms with Crippen molar-refractivity contribution in [3.05, 3.63) is 0 Å². The van der Waals surface area contributed by atoms with E-state index in [0.29, 0.717) is 0 Å². The molecule has 0 unspecified atom stereocenters. The highest BCUT2D eigenvalue weighted by molar-refractivity contribution is 4.84. The maximum Gasteiger partial charge on any atom is 0.00683 e. The van der Waals surface area contributed by atoms with Crippen LogP contribution in [0.5, 0.6) is 0 Å². The Labute approximate surface area is 55.6 Å². The number of rotatable bonds is 0. The van der Waals surface area contributed by atoms with E-state index in [2.05, 4.69) is 0 Å². The van der Waals surface area contributed by atoms with E-state index < -0.39 is 0 Å². The fourth-order valence-electron chi connectivity index (χ4n) is 1.46. The molecule has 54 valence electrons. The molecule has 1 aliphatic rings. The van der Waals surface area contributed by atoms with Gasteiger partial charge in [0.15, 0.2) is 0 Å². The summed E-state index contributed by atoms with van der Waals surface area (Å²) in [4.78, 5) is 0. The smallest absolute Gasteiger partial charge is 0.00683 e. The molecule has 0 spiro atoms. The van der Waals surface area contributed by atoms with Gasteiger partial charge in [0, 0.05) is 18.1 Å². The molecule has 1 fully saturated rings. The second-order valence-corrected chi connectivity index (χ2v) is 2.99. The molecule has 6 N–H and O–H groups in total. The van der Waals surface area contributed by atoms with Crippen molar-refractivity contribution in [2.45, 2.75) is 37.4 Å². The standard InChI is InChI=1S/C6H15N3/c7-4-1-5(8)3-6(9)2-4/h4-6H,1-3,7-9H2/t4-,5+,6-. The van der Waals surface area contributed by atoms with Crippen LogP contribution < -0.4 is 17.2 Å². The second-order valence-electron chi connectivity index (χ2n) is 2.99. The minimum absolute atomic E-state index is 0.240. The van der Waals surface area contributed by atoms with Crippen LogP contribution in [0.2, 0.25) is 0 Å². The first-order valence-corrected chi connectivity index (χ1v) is 3.45. The third-order valence-corrected chi connectivity index (χ3v) is 1.82. The van der Waals surface area contributed by atoms with Gasteiger partial charge in [0.1, 0.15) is 0 Å². The first kappa shape index (κ1) is 6.99. The summed E-state index contributed by atoms with van der Waals surface area (Å²) in [5.41, 5.74) is 17.0. The lowest BCUT2D eigenvalue weighted by Crippen LogP contribution is -2.45. The Morgan fingerprint density at radius 2 is 0.889 bits per heavy atom. The predicted octanol–water partition coefficient (Wildman–Crippen LogP) is -0.848. The Bertz CT molecular complexity index is 69.3. The molecule has 0 aromatic carbocycles. The lowest BCUT2D eigenvalue weighted by Gasteiger charge is -2.28. The summed E-state index contributed by atoms with van der Waals surface area (Å²) in [6.45, 7) is 0. The van der Waals surface area contributed by atoms with E-state index in [4.69, 9.17) is 17.2 Å². The molecule has 0 bridgehead atoms. The Kier molecular flexibility index (Phi) is 2.05. The lowest BCUT2D eigenvalue weighted by atomic mass is 9.89. The minimum atomic E-state index is 0.240. The molecule has 0 heterocycles. The molecule has 0 amide bonds. The average Bonchev–Trinajstić information content (AvgIpc) is 1.59. The van der Waals surface area contributed by atoms with Gasteiger partial charge in [-0.25, -0.2) is 0 Å². The van der Waals surface area contributed by atoms with E-state index in [9.17, 15) is 0 Å². The highest BCUT2D eigenvalue weighted by Gasteiger charge is 2.21. The largest absolute Gasteiger partial charge is 0.328 e. The quantitative estimate of drug-likeness (QED) is 0.399. The van der Waals surface area contributed by atoms with Crippen molar-refractivity contribution in [3.63, 3.8) is 0 Å². The average molecular weight is 129 g/mol. The summed E-state index contributed by atoms with van der Waals surface area (Å²) in [6.07, 6.45) is 2.81. The number of hydrogen-bond donors (Lipinski definition) is 3. The second kappa shape index (κ2) is 2.64. The molecule has 9 heavy (non-hydrogen) atoms. The van der Waals surface area contributed by atoms with Gasteiger partial charge in [-0.15, -0.1) is 0 Å². The highest BCUT2D eigenvalue weighted by atomic mass is 14.8. The molecule has 1 aliphatic carbocycles. The van der Waals surface area contributed by atoms with Crippen molar-refractivity contribution in [2.75, 3.05) is 0 Å². The Balaban J connectivity index is 2.34. The van der Waals surface area contributed by atoms with Crippen molar-refractivity contribution < 1.29 is 0 Å². The third-order valence-electron chi connectivity index (χ3n) is 1.82. The maximum atomic E-state index is 5.66. The van der Waals surface area contributed by atoms with Crippen LogP contribution in [-0.2, 0) is 0 Å². The number of hydrogen-bond acceptors (Lipinski definition) is 3. The van der Waals surface area contributed by atoms with Crippen LogP contribution in [0, 0.1) is 0 Å². The SMILES string of the molecule is N[C@H]1C[C@@H](N)C[C@@H](N)C1. The summed E-state index contributed by atoms with van der Waals surface area (Å²) in [5, 5.41) is 0. The van der Waals surface area contributed by atoms with E-state index in [1.807, 2.05) is 0 Å². The zero-order chi connectivity index (χ0) is 6.85. The van der Waals surface area contributed by atoms with Crippen LogP contribution in [0.15, 0.2) is 0 Å². The summed E-state index contributed by atoms with van der Waals surface area (Å²) in [6, 6.07) is 0.719. The van der Waals surface area contributed by atoms with Gasteiger partial charge < -0.3 is 17.2 Å². The van der Waals surface area contributed by atoms with E-state index >= 15 is 0 Å². The predicted molar refractivity (Wildman–Crippen MR) is 37.8 cm³/mol. The van der Waals surface area contributed by atoms with Crippen molar-refractivity contribution >= 4 is 0 Å². The zero-order valence-corrected chi connectivity index (χ0v) is 5.59. The molecule has 3 heteroatoms. The monoisotopic (exact) mass is 129 g/mol. The molecule has 0 saturated heterocycles. The fourth-order valence-corrected chi connectivity index (χ4v) is 1.46. The van der Waals surface area contributed by atoms with E-state index in [1.165, 1.54) is 0 Å². The topological polar surface area (TPSA) is 78.1 Å². The van der Waals surface area contributed by atoms with Crippen molar-refractivity contribution in [1.82, 2.24) is 0 Å². The first-order chi connectivity index (χ1) is 4.18. The van der Waals surface area contributed by atoms with Crippen LogP contribution >= 0.6 is 0 Å². The normalized spacial score (nSPS) is 45.0. The summed E-state index contributed by atoms with van der Waals surface area (Å²) >= 11 is 0. The van der Waals surface area contributed by atoms with Crippen LogP contribution in [0.25, 0.3) is 0 Å².